The van der Waals surface area contributed by atoms with Crippen LogP contribution in [0.25, 0.3) is 0 Å². The van der Waals surface area contributed by atoms with Gasteiger partial charge in [0.25, 0.3) is 0 Å². The van der Waals surface area contributed by atoms with Crippen molar-refractivity contribution in [3.63, 3.8) is 0 Å². The number of pyridine rings is 1. The van der Waals surface area contributed by atoms with Gasteiger partial charge < -0.3 is 15.2 Å². The van der Waals surface area contributed by atoms with Gasteiger partial charge in [-0.25, -0.2) is 9.78 Å². The molecule has 0 aromatic carbocycles. The maximum atomic E-state index is 11.5. The third-order valence-electron chi connectivity index (χ3n) is 3.28. The lowest BCUT2D eigenvalue weighted by molar-refractivity contribution is 0.0599. The molecule has 1 aromatic heterocycles. The lowest BCUT2D eigenvalue weighted by Gasteiger charge is -2.31. The molecular weight excluding hydrogens is 256 g/mol. The summed E-state index contributed by atoms with van der Waals surface area (Å²) in [6, 6.07) is 3.56. The van der Waals surface area contributed by atoms with Crippen molar-refractivity contribution in [1.29, 1.82) is 0 Å². The second kappa shape index (κ2) is 6.70. The molecule has 0 radical (unpaired) electrons. The fourth-order valence-electron chi connectivity index (χ4n) is 2.00. The van der Waals surface area contributed by atoms with Crippen LogP contribution in [0.3, 0.4) is 0 Å². The molecule has 112 valence electrons. The number of anilines is 1. The predicted molar refractivity (Wildman–Crippen MR) is 78.9 cm³/mol. The van der Waals surface area contributed by atoms with Gasteiger partial charge in [0, 0.05) is 12.6 Å². The third-order valence-corrected chi connectivity index (χ3v) is 3.28. The summed E-state index contributed by atoms with van der Waals surface area (Å²) in [5.74, 6) is 0.313. The molecule has 1 rings (SSSR count). The van der Waals surface area contributed by atoms with Crippen molar-refractivity contribution in [2.24, 2.45) is 5.41 Å². The molecule has 0 spiro atoms. The first-order valence-electron chi connectivity index (χ1n) is 6.73. The maximum absolute atomic E-state index is 11.5. The van der Waals surface area contributed by atoms with Crippen molar-refractivity contribution in [3.8, 4) is 0 Å². The van der Waals surface area contributed by atoms with Crippen LogP contribution in [0.2, 0.25) is 0 Å². The molecule has 1 heterocycles. The summed E-state index contributed by atoms with van der Waals surface area (Å²) >= 11 is 0. The van der Waals surface area contributed by atoms with Gasteiger partial charge in [-0.05, 0) is 30.9 Å². The standard InChI is InChI=1S/C15H24N2O3/c1-10-11(14(19)20-5)6-7-13(16-10)17-12(8-9-18)15(2,3)4/h6-7,12,18H,8-9H2,1-5H3,(H,16,17). The van der Waals surface area contributed by atoms with Gasteiger partial charge in [0.15, 0.2) is 0 Å². The number of methoxy groups -OCH3 is 1. The molecule has 2 N–H and O–H groups in total. The van der Waals surface area contributed by atoms with Crippen LogP contribution in [-0.2, 0) is 4.74 Å². The number of carbonyl (C=O) groups is 1. The van der Waals surface area contributed by atoms with Gasteiger partial charge in [0.2, 0.25) is 0 Å². The van der Waals surface area contributed by atoms with Crippen molar-refractivity contribution < 1.29 is 14.6 Å². The van der Waals surface area contributed by atoms with Crippen LogP contribution in [0, 0.1) is 12.3 Å². The Hall–Kier alpha value is -1.62. The Bertz CT molecular complexity index is 467. The fraction of sp³-hybridized carbons (Fsp3) is 0.600. The first-order chi connectivity index (χ1) is 9.29. The van der Waals surface area contributed by atoms with Gasteiger partial charge in [-0.3, -0.25) is 0 Å². The van der Waals surface area contributed by atoms with Crippen LogP contribution < -0.4 is 5.32 Å². The first-order valence-corrected chi connectivity index (χ1v) is 6.73. The lowest BCUT2D eigenvalue weighted by Crippen LogP contribution is -2.35. The molecule has 0 bridgehead atoms. The summed E-state index contributed by atoms with van der Waals surface area (Å²) in [7, 11) is 1.35. The molecule has 0 saturated heterocycles. The van der Waals surface area contributed by atoms with Crippen molar-refractivity contribution in [1.82, 2.24) is 4.98 Å². The van der Waals surface area contributed by atoms with Crippen LogP contribution in [0.1, 0.15) is 43.2 Å². The minimum atomic E-state index is -0.385. The molecule has 5 heteroatoms. The molecule has 0 saturated carbocycles. The van der Waals surface area contributed by atoms with Crippen LogP contribution in [-0.4, -0.2) is 35.8 Å². The molecule has 0 aliphatic heterocycles. The highest BCUT2D eigenvalue weighted by Crippen LogP contribution is 2.25. The number of aliphatic hydroxyl groups is 1. The second-order valence-electron chi connectivity index (χ2n) is 5.90. The zero-order chi connectivity index (χ0) is 15.3. The van der Waals surface area contributed by atoms with E-state index in [4.69, 9.17) is 9.84 Å². The van der Waals surface area contributed by atoms with Crippen LogP contribution in [0.15, 0.2) is 12.1 Å². The maximum Gasteiger partial charge on any atom is 0.339 e. The zero-order valence-electron chi connectivity index (χ0n) is 12.9. The van der Waals surface area contributed by atoms with E-state index in [2.05, 4.69) is 31.1 Å². The average Bonchev–Trinajstić information content (AvgIpc) is 2.36. The smallest absolute Gasteiger partial charge is 0.339 e. The van der Waals surface area contributed by atoms with Crippen LogP contribution in [0.5, 0.6) is 0 Å². The third kappa shape index (κ3) is 4.20. The van der Waals surface area contributed by atoms with Crippen molar-refractivity contribution in [2.45, 2.75) is 40.2 Å². The molecular formula is C15H24N2O3. The first kappa shape index (κ1) is 16.4. The summed E-state index contributed by atoms with van der Waals surface area (Å²) < 4.78 is 4.70. The van der Waals surface area contributed by atoms with Crippen LogP contribution in [0.4, 0.5) is 5.82 Å². The highest BCUT2D eigenvalue weighted by Gasteiger charge is 2.24. The van der Waals surface area contributed by atoms with Crippen molar-refractivity contribution >= 4 is 11.8 Å². The van der Waals surface area contributed by atoms with E-state index in [1.165, 1.54) is 7.11 Å². The van der Waals surface area contributed by atoms with E-state index >= 15 is 0 Å². The van der Waals surface area contributed by atoms with Crippen molar-refractivity contribution in [3.05, 3.63) is 23.4 Å². The van der Waals surface area contributed by atoms with Gasteiger partial charge in [0.05, 0.1) is 18.4 Å². The number of aliphatic hydroxyl groups excluding tert-OH is 1. The number of nitrogens with one attached hydrogen (secondary N) is 1. The number of aromatic nitrogens is 1. The summed E-state index contributed by atoms with van der Waals surface area (Å²) in [5.41, 5.74) is 1.09. The van der Waals surface area contributed by atoms with Gasteiger partial charge >= 0.3 is 5.97 Å². The SMILES string of the molecule is COC(=O)c1ccc(NC(CCO)C(C)(C)C)nc1C. The van der Waals surface area contributed by atoms with Gasteiger partial charge in [-0.2, -0.15) is 0 Å². The van der Waals surface area contributed by atoms with E-state index < -0.39 is 0 Å². The Kier molecular flexibility index (Phi) is 5.51. The summed E-state index contributed by atoms with van der Waals surface area (Å²) in [4.78, 5) is 15.9. The number of rotatable bonds is 5. The largest absolute Gasteiger partial charge is 0.465 e. The molecule has 0 fully saturated rings. The van der Waals surface area contributed by atoms with E-state index in [1.807, 2.05) is 0 Å². The normalized spacial score (nSPS) is 12.9. The Balaban J connectivity index is 2.92. The summed E-state index contributed by atoms with van der Waals surface area (Å²) in [6.07, 6.45) is 0.642. The molecule has 1 atom stereocenters. The highest BCUT2D eigenvalue weighted by molar-refractivity contribution is 5.90. The molecule has 0 aliphatic rings. The number of hydrogen-bond donors (Lipinski definition) is 2. The number of aryl methyl sites for hydroxylation is 1. The molecule has 1 aromatic rings. The highest BCUT2D eigenvalue weighted by atomic mass is 16.5. The van der Waals surface area contributed by atoms with E-state index in [9.17, 15) is 4.79 Å². The number of nitrogens with zero attached hydrogens (tertiary/aromatic N) is 1. The van der Waals surface area contributed by atoms with E-state index in [-0.39, 0.29) is 24.0 Å². The van der Waals surface area contributed by atoms with E-state index in [1.54, 1.807) is 19.1 Å². The molecule has 0 aliphatic carbocycles. The number of carbonyl (C=O) groups excluding carboxylic acids is 1. The second-order valence-corrected chi connectivity index (χ2v) is 5.90. The van der Waals surface area contributed by atoms with Gasteiger partial charge in [-0.15, -0.1) is 0 Å². The monoisotopic (exact) mass is 280 g/mol. The minimum Gasteiger partial charge on any atom is -0.465 e. The average molecular weight is 280 g/mol. The lowest BCUT2D eigenvalue weighted by atomic mass is 9.85. The molecule has 1 unspecified atom stereocenters. The summed E-state index contributed by atoms with van der Waals surface area (Å²) in [5, 5.41) is 12.5. The van der Waals surface area contributed by atoms with Gasteiger partial charge in [0.1, 0.15) is 5.82 Å². The summed E-state index contributed by atoms with van der Waals surface area (Å²) in [6.45, 7) is 8.21. The topological polar surface area (TPSA) is 71.5 Å². The van der Waals surface area contributed by atoms with Crippen molar-refractivity contribution in [2.75, 3.05) is 19.0 Å². The number of hydrogen-bond acceptors (Lipinski definition) is 5. The Morgan fingerprint density at radius 2 is 2.10 bits per heavy atom. The minimum absolute atomic E-state index is 0.000659. The zero-order valence-corrected chi connectivity index (χ0v) is 12.9. The Labute approximate surface area is 120 Å². The van der Waals surface area contributed by atoms with Crippen LogP contribution >= 0.6 is 0 Å². The van der Waals surface area contributed by atoms with Gasteiger partial charge in [-0.1, -0.05) is 20.8 Å². The Morgan fingerprint density at radius 1 is 1.45 bits per heavy atom. The molecule has 20 heavy (non-hydrogen) atoms. The molecule has 0 amide bonds. The number of esters is 1. The predicted octanol–water partition coefficient (Wildman–Crippen LogP) is 2.39. The van der Waals surface area contributed by atoms with E-state index in [0.29, 0.717) is 23.5 Å². The molecule has 5 nitrogen and oxygen atoms in total. The Morgan fingerprint density at radius 3 is 2.55 bits per heavy atom. The number of ether oxygens (including phenoxy) is 1. The fourth-order valence-corrected chi connectivity index (χ4v) is 2.00. The van der Waals surface area contributed by atoms with E-state index in [0.717, 1.165) is 0 Å². The quantitative estimate of drug-likeness (QED) is 0.810.